The first-order chi connectivity index (χ1) is 37.5. The molecule has 410 valence electrons. The van der Waals surface area contributed by atoms with Crippen molar-refractivity contribution in [1.82, 2.24) is 39.9 Å². The van der Waals surface area contributed by atoms with E-state index >= 15 is 4.39 Å². The van der Waals surface area contributed by atoms with Gasteiger partial charge in [0.05, 0.1) is 24.1 Å². The highest BCUT2D eigenvalue weighted by molar-refractivity contribution is 6.36. The molecule has 19 heteroatoms. The lowest BCUT2D eigenvalue weighted by Gasteiger charge is -2.54. The molecule has 17 nitrogen and oxygen atoms in total. The van der Waals surface area contributed by atoms with Crippen LogP contribution in [0.4, 0.5) is 20.7 Å². The number of hydrogen-bond acceptors (Lipinski definition) is 14. The Morgan fingerprint density at radius 3 is 2.36 bits per heavy atom. The molecular weight excluding hydrogens is 1020 g/mol. The summed E-state index contributed by atoms with van der Waals surface area (Å²) in [6, 6.07) is 13.7. The molecule has 7 fully saturated rings. The van der Waals surface area contributed by atoms with Gasteiger partial charge in [-0.3, -0.25) is 34.5 Å². The summed E-state index contributed by atoms with van der Waals surface area (Å²) in [5, 5.41) is 15.2. The fraction of sp³-hybridized carbons (Fsp3) is 0.542. The molecule has 2 bridgehead atoms. The average Bonchev–Trinajstić information content (AvgIpc) is 4.17. The standard InChI is InChI=1S/C59H68ClFN10O7/c1-57(2,3)78-56(76)71-39-7-8-40(71)32-69(31-39)52-44-28-62-50(43-25-41(72)24-36-5-4-6-45(60)48(36)43)49(61)51(44)64-55(65-52)77-34-59(13-14-59)33-67-17-15-58(16-18-67)26-35(27-58)29-66-19-21-68(22-20-66)38-9-10-42-37(23-38)30-70(54(42)75)46-11-12-47(73)63-53(46)74/h4-6,9-10,23-25,28,35,39-40,46,72H,7-8,11-22,26-27,29-34H2,1-3H3,(H,63,73,74)/t39?,40?,46-/m0/s1. The van der Waals surface area contributed by atoms with Gasteiger partial charge in [0, 0.05) is 104 Å². The number of aromatic hydroxyl groups is 1. The Morgan fingerprint density at radius 2 is 1.64 bits per heavy atom. The van der Waals surface area contributed by atoms with Crippen LogP contribution in [0.15, 0.2) is 54.7 Å². The quantitative estimate of drug-likeness (QED) is 0.121. The van der Waals surface area contributed by atoms with Gasteiger partial charge in [-0.15, -0.1) is 0 Å². The number of ether oxygens (including phenoxy) is 2. The Kier molecular flexibility index (Phi) is 12.8. The van der Waals surface area contributed by atoms with Gasteiger partial charge in [-0.2, -0.15) is 9.97 Å². The van der Waals surface area contributed by atoms with Crippen LogP contribution in [0.2, 0.25) is 5.02 Å². The number of anilines is 2. The highest BCUT2D eigenvalue weighted by atomic mass is 35.5. The van der Waals surface area contributed by atoms with Crippen molar-refractivity contribution >= 4 is 68.6 Å². The number of carbonyl (C=O) groups excluding carboxylic acids is 4. The van der Waals surface area contributed by atoms with E-state index < -0.39 is 17.5 Å². The second-order valence-electron chi connectivity index (χ2n) is 24.9. The predicted molar refractivity (Wildman–Crippen MR) is 293 cm³/mol. The topological polar surface area (TPSA) is 177 Å². The Labute approximate surface area is 458 Å². The van der Waals surface area contributed by atoms with Crippen molar-refractivity contribution in [2.24, 2.45) is 16.7 Å². The summed E-state index contributed by atoms with van der Waals surface area (Å²) < 4.78 is 29.8. The maximum atomic E-state index is 17.3. The summed E-state index contributed by atoms with van der Waals surface area (Å²) in [5.41, 5.74) is 2.88. The van der Waals surface area contributed by atoms with Crippen LogP contribution in [0.25, 0.3) is 32.9 Å². The number of halogens is 2. The normalized spacial score (nSPS) is 24.3. The zero-order chi connectivity index (χ0) is 53.8. The molecule has 6 aliphatic heterocycles. The zero-order valence-electron chi connectivity index (χ0n) is 44.7. The number of piperazine rings is 2. The Hall–Kier alpha value is -6.37. The first-order valence-corrected chi connectivity index (χ1v) is 28.5. The van der Waals surface area contributed by atoms with E-state index in [1.807, 2.05) is 43.9 Å². The van der Waals surface area contributed by atoms with E-state index in [4.69, 9.17) is 31.0 Å². The number of amides is 4. The number of phenolic OH excluding ortho intramolecular Hbond substituents is 1. The summed E-state index contributed by atoms with van der Waals surface area (Å²) in [7, 11) is 0. The van der Waals surface area contributed by atoms with Crippen LogP contribution >= 0.6 is 11.6 Å². The number of piperidine rings is 2. The van der Waals surface area contributed by atoms with Crippen LogP contribution in [0.3, 0.4) is 0 Å². The summed E-state index contributed by atoms with van der Waals surface area (Å²) in [5.74, 6) is -0.291. The highest BCUT2D eigenvalue weighted by Gasteiger charge is 2.50. The van der Waals surface area contributed by atoms with Gasteiger partial charge in [-0.1, -0.05) is 23.7 Å². The fourth-order valence-corrected chi connectivity index (χ4v) is 14.5. The lowest BCUT2D eigenvalue weighted by atomic mass is 9.57. The van der Waals surface area contributed by atoms with Crippen molar-refractivity contribution in [2.75, 3.05) is 81.9 Å². The summed E-state index contributed by atoms with van der Waals surface area (Å²) in [4.78, 5) is 78.7. The van der Waals surface area contributed by atoms with Crippen LogP contribution in [-0.2, 0) is 20.9 Å². The first-order valence-electron chi connectivity index (χ1n) is 28.1. The van der Waals surface area contributed by atoms with Crippen LogP contribution < -0.4 is 19.9 Å². The van der Waals surface area contributed by atoms with Crippen molar-refractivity contribution in [3.05, 3.63) is 76.7 Å². The van der Waals surface area contributed by atoms with Crippen molar-refractivity contribution in [3.8, 4) is 23.0 Å². The second kappa shape index (κ2) is 19.5. The van der Waals surface area contributed by atoms with Gasteiger partial charge in [-0.05, 0) is 150 Å². The molecule has 3 atom stereocenters. The monoisotopic (exact) mass is 1080 g/mol. The van der Waals surface area contributed by atoms with E-state index in [-0.39, 0.29) is 70.7 Å². The average molecular weight is 1080 g/mol. The van der Waals surface area contributed by atoms with Crippen molar-refractivity contribution in [2.45, 2.75) is 115 Å². The largest absolute Gasteiger partial charge is 0.508 e. The van der Waals surface area contributed by atoms with Gasteiger partial charge in [-0.25, -0.2) is 9.18 Å². The molecule has 4 amide bonds. The van der Waals surface area contributed by atoms with Crippen LogP contribution in [-0.4, -0.2) is 159 Å². The fourth-order valence-electron chi connectivity index (χ4n) is 14.2. The number of nitrogens with one attached hydrogen (secondary N) is 1. The molecule has 8 aliphatic rings. The lowest BCUT2D eigenvalue weighted by molar-refractivity contribution is -0.136. The molecule has 13 rings (SSSR count). The van der Waals surface area contributed by atoms with Gasteiger partial charge in [0.25, 0.3) is 5.91 Å². The van der Waals surface area contributed by atoms with Crippen LogP contribution in [0.1, 0.15) is 101 Å². The number of hydrogen-bond donors (Lipinski definition) is 2. The zero-order valence-corrected chi connectivity index (χ0v) is 45.5. The highest BCUT2D eigenvalue weighted by Crippen LogP contribution is 2.54. The number of phenols is 1. The van der Waals surface area contributed by atoms with Gasteiger partial charge in [0.2, 0.25) is 11.8 Å². The number of benzene rings is 3. The Morgan fingerprint density at radius 1 is 0.885 bits per heavy atom. The number of aromatic nitrogens is 3. The van der Waals surface area contributed by atoms with E-state index in [1.165, 1.54) is 31.7 Å². The maximum absolute atomic E-state index is 17.3. The molecule has 2 unspecified atom stereocenters. The minimum atomic E-state index is -0.664. The third-order valence-electron chi connectivity index (χ3n) is 18.3. The maximum Gasteiger partial charge on any atom is 0.410 e. The van der Waals surface area contributed by atoms with Gasteiger partial charge in [0.15, 0.2) is 5.82 Å². The molecule has 2 aliphatic carbocycles. The lowest BCUT2D eigenvalue weighted by Crippen LogP contribution is -2.57. The second-order valence-corrected chi connectivity index (χ2v) is 25.3. The first kappa shape index (κ1) is 51.1. The van der Waals surface area contributed by atoms with Crippen molar-refractivity contribution in [1.29, 1.82) is 0 Å². The van der Waals surface area contributed by atoms with Gasteiger partial charge < -0.3 is 34.2 Å². The molecule has 2 saturated carbocycles. The SMILES string of the molecule is CC(C)(C)OC(=O)N1C2CCC1CN(c1nc(OCC3(CN4CCC5(CC4)CC(CN4CCN(c6ccc7c(c6)CN([C@H]6CCC(=O)NC6=O)C7=O)CC4)C5)CC3)nc3c(F)c(-c4cc(O)cc5cccc(Cl)c45)ncc13)C2. The summed E-state index contributed by atoms with van der Waals surface area (Å²) in [6.07, 6.45) is 10.5. The van der Waals surface area contributed by atoms with Gasteiger partial charge in [0.1, 0.15) is 34.4 Å². The predicted octanol–water partition coefficient (Wildman–Crippen LogP) is 8.17. The number of imide groups is 1. The number of nitrogens with zero attached hydrogens (tertiary/aromatic N) is 9. The minimum Gasteiger partial charge on any atom is -0.508 e. The molecule has 1 spiro atoms. The van der Waals surface area contributed by atoms with Crippen LogP contribution in [0, 0.1) is 22.6 Å². The summed E-state index contributed by atoms with van der Waals surface area (Å²) in [6.45, 7) is 15.4. The Balaban J connectivity index is 0.636. The molecular formula is C59H68ClFN10O7. The number of carbonyl (C=O) groups is 4. The van der Waals surface area contributed by atoms with Gasteiger partial charge >= 0.3 is 12.1 Å². The number of likely N-dealkylation sites (tertiary alicyclic amines) is 1. The Bertz CT molecular complexity index is 3240. The number of pyridine rings is 1. The van der Waals surface area contributed by atoms with E-state index in [9.17, 15) is 24.3 Å². The third kappa shape index (κ3) is 9.62. The van der Waals surface area contributed by atoms with Crippen LogP contribution in [0.5, 0.6) is 11.8 Å². The van der Waals surface area contributed by atoms with Crippen molar-refractivity contribution in [3.63, 3.8) is 0 Å². The van der Waals surface area contributed by atoms with E-state index in [0.29, 0.717) is 82.1 Å². The number of rotatable bonds is 11. The molecule has 2 aromatic heterocycles. The summed E-state index contributed by atoms with van der Waals surface area (Å²) >= 11 is 6.72. The molecule has 8 heterocycles. The van der Waals surface area contributed by atoms with Crippen molar-refractivity contribution < 1.29 is 38.1 Å². The molecule has 5 aromatic rings. The van der Waals surface area contributed by atoms with E-state index in [2.05, 4.69) is 36.0 Å². The third-order valence-corrected chi connectivity index (χ3v) is 18.7. The molecule has 2 N–H and O–H groups in total. The van der Waals surface area contributed by atoms with E-state index in [0.717, 1.165) is 89.3 Å². The van der Waals surface area contributed by atoms with E-state index in [1.54, 1.807) is 29.3 Å². The number of fused-ring (bicyclic) bond motifs is 5. The molecule has 0 radical (unpaired) electrons. The molecule has 78 heavy (non-hydrogen) atoms. The molecule has 5 saturated heterocycles. The minimum absolute atomic E-state index is 0.0107. The smallest absolute Gasteiger partial charge is 0.410 e. The molecule has 3 aromatic carbocycles.